The lowest BCUT2D eigenvalue weighted by molar-refractivity contribution is -0.161. The third kappa shape index (κ3) is 38.6. The van der Waals surface area contributed by atoms with E-state index in [1.165, 1.54) is 0 Å². The summed E-state index contributed by atoms with van der Waals surface area (Å²) in [7, 11) is -2.68. The molecule has 10 heteroatoms. The first kappa shape index (κ1) is 50.9. The van der Waals surface area contributed by atoms with Gasteiger partial charge >= 0.3 is 19.8 Å². The summed E-state index contributed by atoms with van der Waals surface area (Å²) < 4.78 is 33.0. The number of esters is 2. The van der Waals surface area contributed by atoms with E-state index < -0.39 is 32.5 Å². The van der Waals surface area contributed by atoms with E-state index in [0.29, 0.717) is 19.4 Å². The summed E-state index contributed by atoms with van der Waals surface area (Å²) in [6, 6.07) is 0. The van der Waals surface area contributed by atoms with Gasteiger partial charge in [0.25, 0.3) is 0 Å². The van der Waals surface area contributed by atoms with Gasteiger partial charge in [0.05, 0.1) is 13.2 Å². The first-order valence-corrected chi connectivity index (χ1v) is 21.7. The van der Waals surface area contributed by atoms with Crippen LogP contribution in [0.1, 0.15) is 129 Å². The Morgan fingerprint density at radius 3 is 1.54 bits per heavy atom. The van der Waals surface area contributed by atoms with Crippen LogP contribution in [-0.2, 0) is 32.7 Å². The van der Waals surface area contributed by atoms with Crippen molar-refractivity contribution < 1.29 is 37.6 Å². The zero-order chi connectivity index (χ0) is 39.6. The number of carbonyl (C=O) groups is 2. The van der Waals surface area contributed by atoms with Crippen molar-refractivity contribution in [3.05, 3.63) is 97.2 Å². The van der Waals surface area contributed by atoms with Gasteiger partial charge in [-0.3, -0.25) is 18.6 Å². The maximum Gasteiger partial charge on any atom is 0.472 e. The Kier molecular flexibility index (Phi) is 37.4. The molecule has 0 rings (SSSR count). The van der Waals surface area contributed by atoms with Crippen LogP contribution in [0, 0.1) is 0 Å². The van der Waals surface area contributed by atoms with E-state index in [4.69, 9.17) is 18.5 Å². The van der Waals surface area contributed by atoms with Gasteiger partial charge in [-0.1, -0.05) is 130 Å². The number of carbonyl (C=O) groups excluding carboxylic acids is 2. The Morgan fingerprint density at radius 2 is 1.02 bits per heavy atom. The molecule has 2 unspecified atom stereocenters. The molecule has 0 radical (unpaired) electrons. The molecule has 0 spiro atoms. The molecule has 0 saturated heterocycles. The van der Waals surface area contributed by atoms with Crippen molar-refractivity contribution >= 4 is 19.8 Å². The van der Waals surface area contributed by atoms with Crippen LogP contribution in [0.15, 0.2) is 97.2 Å². The second-order valence-corrected chi connectivity index (χ2v) is 14.2. The Bertz CT molecular complexity index is 1200. The lowest BCUT2D eigenvalue weighted by Gasteiger charge is -2.20. The van der Waals surface area contributed by atoms with Gasteiger partial charge in [0.2, 0.25) is 0 Å². The van der Waals surface area contributed by atoms with Crippen molar-refractivity contribution in [3.63, 3.8) is 0 Å². The van der Waals surface area contributed by atoms with Crippen molar-refractivity contribution in [2.75, 3.05) is 33.4 Å². The van der Waals surface area contributed by atoms with Gasteiger partial charge < -0.3 is 19.7 Å². The molecule has 306 valence electrons. The van der Waals surface area contributed by atoms with Crippen molar-refractivity contribution in [1.82, 2.24) is 5.32 Å². The van der Waals surface area contributed by atoms with Crippen LogP contribution in [0.3, 0.4) is 0 Å². The summed E-state index contributed by atoms with van der Waals surface area (Å²) in [5.41, 5.74) is 0. The summed E-state index contributed by atoms with van der Waals surface area (Å²) in [5.74, 6) is -0.907. The molecule has 0 aliphatic carbocycles. The molecule has 0 aromatic heterocycles. The molecule has 0 bridgehead atoms. The first-order chi connectivity index (χ1) is 26.3. The van der Waals surface area contributed by atoms with Gasteiger partial charge in [0.15, 0.2) is 6.10 Å². The average Bonchev–Trinajstić information content (AvgIpc) is 3.15. The standard InChI is InChI=1S/C44H72NO8P/c1-4-6-8-10-12-14-16-18-20-21-23-24-26-28-30-32-34-36-43(46)50-40-42(41-52-54(48,49)51-39-38-45-3)53-44(47)37-35-33-31-29-27-25-22-19-17-15-13-11-9-7-5-2/h6-9,12-15,18-20,22-24,28,30,42,45H,4-5,10-11,16-17,21,25-27,29,31-41H2,1-3H3,(H,48,49)/b8-6-,9-7-,14-12-,15-13-,20-18-,22-19-,24-23-,30-28-. The van der Waals surface area contributed by atoms with Crippen LogP contribution in [0.25, 0.3) is 0 Å². The normalized spacial score (nSPS) is 14.4. The third-order valence-corrected chi connectivity index (χ3v) is 8.68. The lowest BCUT2D eigenvalue weighted by atomic mass is 10.1. The highest BCUT2D eigenvalue weighted by atomic mass is 31.2. The summed E-state index contributed by atoms with van der Waals surface area (Å²) in [4.78, 5) is 35.0. The van der Waals surface area contributed by atoms with Gasteiger partial charge in [0, 0.05) is 19.4 Å². The van der Waals surface area contributed by atoms with Gasteiger partial charge in [-0.05, 0) is 90.5 Å². The third-order valence-electron chi connectivity index (χ3n) is 7.70. The van der Waals surface area contributed by atoms with Crippen LogP contribution >= 0.6 is 7.82 Å². The number of rotatable bonds is 36. The highest BCUT2D eigenvalue weighted by molar-refractivity contribution is 7.47. The number of phosphoric acid groups is 1. The number of hydrogen-bond donors (Lipinski definition) is 2. The maximum atomic E-state index is 12.6. The molecule has 0 aromatic rings. The van der Waals surface area contributed by atoms with E-state index in [2.05, 4.69) is 110 Å². The SMILES string of the molecule is CC/C=C\C/C=C\C/C=C\C/C=C\C/C=C\CCCC(=O)OCC(COP(=O)(O)OCCNC)OC(=O)CCCCCCC/C=C\C/C=C\C/C=C\CC. The van der Waals surface area contributed by atoms with Crippen LogP contribution in [0.4, 0.5) is 0 Å². The van der Waals surface area contributed by atoms with E-state index in [1.54, 1.807) is 7.05 Å². The maximum absolute atomic E-state index is 12.6. The largest absolute Gasteiger partial charge is 0.472 e. The fourth-order valence-corrected chi connectivity index (χ4v) is 5.47. The van der Waals surface area contributed by atoms with E-state index >= 15 is 0 Å². The molecule has 0 saturated carbocycles. The topological polar surface area (TPSA) is 120 Å². The molecule has 9 nitrogen and oxygen atoms in total. The minimum atomic E-state index is -4.37. The number of unbranched alkanes of at least 4 members (excludes halogenated alkanes) is 6. The molecule has 0 aromatic carbocycles. The summed E-state index contributed by atoms with van der Waals surface area (Å²) in [6.07, 6.45) is 48.9. The van der Waals surface area contributed by atoms with E-state index in [1.807, 2.05) is 6.08 Å². The monoisotopic (exact) mass is 773 g/mol. The quantitative estimate of drug-likeness (QED) is 0.0277. The van der Waals surface area contributed by atoms with Gasteiger partial charge in [0.1, 0.15) is 6.61 Å². The van der Waals surface area contributed by atoms with E-state index in [0.717, 1.165) is 89.9 Å². The number of phosphoric ester groups is 1. The first-order valence-electron chi connectivity index (χ1n) is 20.2. The van der Waals surface area contributed by atoms with Crippen LogP contribution in [0.5, 0.6) is 0 Å². The zero-order valence-electron chi connectivity index (χ0n) is 33.6. The molecular formula is C44H72NO8P. The molecule has 0 heterocycles. The predicted octanol–water partition coefficient (Wildman–Crippen LogP) is 11.3. The molecule has 0 amide bonds. The van der Waals surface area contributed by atoms with Gasteiger partial charge in [-0.25, -0.2) is 4.57 Å². The molecule has 2 N–H and O–H groups in total. The Labute approximate surface area is 328 Å². The second kappa shape index (κ2) is 39.6. The van der Waals surface area contributed by atoms with Crippen molar-refractivity contribution in [3.8, 4) is 0 Å². The summed E-state index contributed by atoms with van der Waals surface area (Å²) >= 11 is 0. The van der Waals surface area contributed by atoms with E-state index in [9.17, 15) is 19.0 Å². The van der Waals surface area contributed by atoms with Crippen molar-refractivity contribution in [1.29, 1.82) is 0 Å². The summed E-state index contributed by atoms with van der Waals surface area (Å²) in [5, 5.41) is 2.81. The predicted molar refractivity (Wildman–Crippen MR) is 224 cm³/mol. The van der Waals surface area contributed by atoms with Crippen LogP contribution in [-0.4, -0.2) is 56.3 Å². The molecular weight excluding hydrogens is 701 g/mol. The fraction of sp³-hybridized carbons (Fsp3) is 0.591. The Morgan fingerprint density at radius 1 is 0.574 bits per heavy atom. The minimum Gasteiger partial charge on any atom is -0.462 e. The number of nitrogens with one attached hydrogen (secondary N) is 1. The number of likely N-dealkylation sites (N-methyl/N-ethyl adjacent to an activating group) is 1. The average molecular weight is 774 g/mol. The lowest BCUT2D eigenvalue weighted by Crippen LogP contribution is -2.29. The number of allylic oxidation sites excluding steroid dienone is 16. The smallest absolute Gasteiger partial charge is 0.462 e. The van der Waals surface area contributed by atoms with Crippen LogP contribution < -0.4 is 5.32 Å². The van der Waals surface area contributed by atoms with Crippen molar-refractivity contribution in [2.24, 2.45) is 0 Å². The van der Waals surface area contributed by atoms with Crippen LogP contribution in [0.2, 0.25) is 0 Å². The van der Waals surface area contributed by atoms with Gasteiger partial charge in [-0.2, -0.15) is 0 Å². The summed E-state index contributed by atoms with van der Waals surface area (Å²) in [6.45, 7) is 3.88. The molecule has 54 heavy (non-hydrogen) atoms. The molecule has 0 aliphatic rings. The Hall–Kier alpha value is -3.07. The minimum absolute atomic E-state index is 0.0353. The van der Waals surface area contributed by atoms with E-state index in [-0.39, 0.29) is 26.1 Å². The zero-order valence-corrected chi connectivity index (χ0v) is 34.5. The van der Waals surface area contributed by atoms with Crippen molar-refractivity contribution in [2.45, 2.75) is 136 Å². The molecule has 2 atom stereocenters. The molecule has 0 aliphatic heterocycles. The highest BCUT2D eigenvalue weighted by Gasteiger charge is 2.26. The number of hydrogen-bond acceptors (Lipinski definition) is 8. The highest BCUT2D eigenvalue weighted by Crippen LogP contribution is 2.43. The Balaban J connectivity index is 4.41. The molecule has 0 fully saturated rings. The number of ether oxygens (including phenoxy) is 2. The fourth-order valence-electron chi connectivity index (χ4n) is 4.72. The van der Waals surface area contributed by atoms with Gasteiger partial charge in [-0.15, -0.1) is 0 Å². The second-order valence-electron chi connectivity index (χ2n) is 12.7.